The molecule has 1 aliphatic rings. The smallest absolute Gasteiger partial charge is 0.163 e. The monoisotopic (exact) mass is 334 g/mol. The Labute approximate surface area is 146 Å². The molecule has 2 aromatic heterocycles. The molecule has 1 fully saturated rings. The molecule has 1 N–H and O–H groups in total. The molecule has 2 heterocycles. The molecule has 0 bridgehead atoms. The van der Waals surface area contributed by atoms with Crippen LogP contribution in [0.25, 0.3) is 11.4 Å². The standard InChI is InChI=1S/C20H19FN4/c1-14-11-18(25-19(24-14)15-5-4-10-22-12-15)23-13-20(8-9-20)16-6-2-3-7-17(16)21/h2-7,10-12H,8-9,13H2,1H3,(H,23,24,25). The highest BCUT2D eigenvalue weighted by atomic mass is 19.1. The Morgan fingerprint density at radius 3 is 2.68 bits per heavy atom. The zero-order valence-corrected chi connectivity index (χ0v) is 14.0. The number of hydrogen-bond donors (Lipinski definition) is 1. The van der Waals surface area contributed by atoms with E-state index in [0.29, 0.717) is 12.4 Å². The summed E-state index contributed by atoms with van der Waals surface area (Å²) in [4.78, 5) is 13.2. The molecular formula is C20H19FN4. The van der Waals surface area contributed by atoms with Crippen molar-refractivity contribution in [3.05, 3.63) is 71.9 Å². The molecule has 0 unspecified atom stereocenters. The first kappa shape index (κ1) is 15.7. The predicted molar refractivity (Wildman–Crippen MR) is 95.8 cm³/mol. The van der Waals surface area contributed by atoms with Gasteiger partial charge in [0.2, 0.25) is 0 Å². The van der Waals surface area contributed by atoms with Gasteiger partial charge in [0.05, 0.1) is 0 Å². The van der Waals surface area contributed by atoms with Gasteiger partial charge in [0.25, 0.3) is 0 Å². The minimum Gasteiger partial charge on any atom is -0.369 e. The maximum absolute atomic E-state index is 14.1. The summed E-state index contributed by atoms with van der Waals surface area (Å²) in [7, 11) is 0. The SMILES string of the molecule is Cc1cc(NCC2(c3ccccc3F)CC2)nc(-c2cccnc2)n1. The highest BCUT2D eigenvalue weighted by Gasteiger charge is 2.45. The van der Waals surface area contributed by atoms with Crippen LogP contribution in [-0.4, -0.2) is 21.5 Å². The molecule has 4 rings (SSSR count). The summed E-state index contributed by atoms with van der Waals surface area (Å²) in [5.74, 6) is 1.28. The van der Waals surface area contributed by atoms with Gasteiger partial charge in [0.15, 0.2) is 5.82 Å². The lowest BCUT2D eigenvalue weighted by Gasteiger charge is -2.18. The molecule has 0 radical (unpaired) electrons. The summed E-state index contributed by atoms with van der Waals surface area (Å²) in [6.45, 7) is 2.60. The van der Waals surface area contributed by atoms with Crippen molar-refractivity contribution in [2.45, 2.75) is 25.2 Å². The maximum Gasteiger partial charge on any atom is 0.163 e. The summed E-state index contributed by atoms with van der Waals surface area (Å²) >= 11 is 0. The van der Waals surface area contributed by atoms with Crippen molar-refractivity contribution in [2.24, 2.45) is 0 Å². The number of benzene rings is 1. The third-order valence-electron chi connectivity index (χ3n) is 4.68. The van der Waals surface area contributed by atoms with Crippen LogP contribution in [0.1, 0.15) is 24.1 Å². The molecule has 5 heteroatoms. The fourth-order valence-corrected chi connectivity index (χ4v) is 3.13. The molecule has 25 heavy (non-hydrogen) atoms. The minimum atomic E-state index is -0.128. The van der Waals surface area contributed by atoms with Gasteiger partial charge in [-0.1, -0.05) is 18.2 Å². The summed E-state index contributed by atoms with van der Waals surface area (Å²) < 4.78 is 14.1. The fourth-order valence-electron chi connectivity index (χ4n) is 3.13. The predicted octanol–water partition coefficient (Wildman–Crippen LogP) is 4.13. The van der Waals surface area contributed by atoms with Gasteiger partial charge < -0.3 is 5.32 Å². The van der Waals surface area contributed by atoms with Crippen molar-refractivity contribution >= 4 is 5.82 Å². The summed E-state index contributed by atoms with van der Waals surface area (Å²) in [6, 6.07) is 12.8. The highest BCUT2D eigenvalue weighted by molar-refractivity contribution is 5.56. The molecule has 1 saturated carbocycles. The van der Waals surface area contributed by atoms with Crippen LogP contribution in [0, 0.1) is 12.7 Å². The number of aryl methyl sites for hydroxylation is 1. The Balaban J connectivity index is 1.56. The Bertz CT molecular complexity index is 891. The summed E-state index contributed by atoms with van der Waals surface area (Å²) in [6.07, 6.45) is 5.45. The van der Waals surface area contributed by atoms with Crippen molar-refractivity contribution in [1.82, 2.24) is 15.0 Å². The second-order valence-corrected chi connectivity index (χ2v) is 6.57. The number of halogens is 1. The lowest BCUT2D eigenvalue weighted by Crippen LogP contribution is -2.21. The molecule has 126 valence electrons. The van der Waals surface area contributed by atoms with E-state index in [1.165, 1.54) is 6.07 Å². The van der Waals surface area contributed by atoms with Gasteiger partial charge in [-0.3, -0.25) is 4.98 Å². The van der Waals surface area contributed by atoms with E-state index in [-0.39, 0.29) is 11.2 Å². The normalized spacial score (nSPS) is 15.0. The number of rotatable bonds is 5. The van der Waals surface area contributed by atoms with Crippen LogP contribution >= 0.6 is 0 Å². The third-order valence-corrected chi connectivity index (χ3v) is 4.68. The van der Waals surface area contributed by atoms with Gasteiger partial charge in [-0.2, -0.15) is 0 Å². The first-order valence-electron chi connectivity index (χ1n) is 8.41. The molecule has 0 spiro atoms. The largest absolute Gasteiger partial charge is 0.369 e. The van der Waals surface area contributed by atoms with E-state index in [0.717, 1.165) is 35.5 Å². The van der Waals surface area contributed by atoms with Crippen LogP contribution in [-0.2, 0) is 5.41 Å². The fraction of sp³-hybridized carbons (Fsp3) is 0.250. The van der Waals surface area contributed by atoms with E-state index in [4.69, 9.17) is 0 Å². The maximum atomic E-state index is 14.1. The van der Waals surface area contributed by atoms with E-state index in [2.05, 4.69) is 20.3 Å². The number of aromatic nitrogens is 3. The molecule has 0 saturated heterocycles. The van der Waals surface area contributed by atoms with Gasteiger partial charge >= 0.3 is 0 Å². The third kappa shape index (κ3) is 3.22. The highest BCUT2D eigenvalue weighted by Crippen LogP contribution is 2.49. The number of hydrogen-bond acceptors (Lipinski definition) is 4. The van der Waals surface area contributed by atoms with E-state index in [1.807, 2.05) is 37.3 Å². The van der Waals surface area contributed by atoms with Crippen molar-refractivity contribution in [2.75, 3.05) is 11.9 Å². The zero-order valence-electron chi connectivity index (χ0n) is 14.0. The molecule has 0 amide bonds. The molecule has 3 aromatic rings. The number of nitrogens with one attached hydrogen (secondary N) is 1. The topological polar surface area (TPSA) is 50.7 Å². The second kappa shape index (κ2) is 6.24. The molecule has 4 nitrogen and oxygen atoms in total. The van der Waals surface area contributed by atoms with Crippen LogP contribution in [0.4, 0.5) is 10.2 Å². The molecule has 0 aliphatic heterocycles. The molecule has 0 atom stereocenters. The summed E-state index contributed by atoms with van der Waals surface area (Å²) in [5, 5.41) is 3.39. The van der Waals surface area contributed by atoms with Crippen LogP contribution in [0.5, 0.6) is 0 Å². The van der Waals surface area contributed by atoms with Crippen molar-refractivity contribution in [3.8, 4) is 11.4 Å². The average Bonchev–Trinajstić information content (AvgIpc) is 3.42. The van der Waals surface area contributed by atoms with Gasteiger partial charge in [-0.25, -0.2) is 14.4 Å². The van der Waals surface area contributed by atoms with Crippen LogP contribution in [0.3, 0.4) is 0 Å². The van der Waals surface area contributed by atoms with E-state index >= 15 is 0 Å². The van der Waals surface area contributed by atoms with Gasteiger partial charge in [-0.05, 0) is 43.5 Å². The van der Waals surface area contributed by atoms with E-state index < -0.39 is 0 Å². The van der Waals surface area contributed by atoms with Gasteiger partial charge in [0, 0.05) is 41.7 Å². The number of nitrogens with zero attached hydrogens (tertiary/aromatic N) is 3. The van der Waals surface area contributed by atoms with Gasteiger partial charge in [0.1, 0.15) is 11.6 Å². The molecule has 1 aliphatic carbocycles. The minimum absolute atomic E-state index is 0.126. The van der Waals surface area contributed by atoms with Crippen LogP contribution in [0.15, 0.2) is 54.9 Å². The van der Waals surface area contributed by atoms with Crippen molar-refractivity contribution in [1.29, 1.82) is 0 Å². The first-order valence-corrected chi connectivity index (χ1v) is 8.41. The van der Waals surface area contributed by atoms with Crippen LogP contribution in [0.2, 0.25) is 0 Å². The van der Waals surface area contributed by atoms with Crippen LogP contribution < -0.4 is 5.32 Å². The lowest BCUT2D eigenvalue weighted by atomic mass is 9.95. The zero-order chi connectivity index (χ0) is 17.3. The summed E-state index contributed by atoms with van der Waals surface area (Å²) in [5.41, 5.74) is 2.43. The molecule has 1 aromatic carbocycles. The average molecular weight is 334 g/mol. The van der Waals surface area contributed by atoms with E-state index in [9.17, 15) is 4.39 Å². The number of pyridine rings is 1. The quantitative estimate of drug-likeness (QED) is 0.762. The van der Waals surface area contributed by atoms with Crippen molar-refractivity contribution < 1.29 is 4.39 Å². The Hall–Kier alpha value is -2.82. The Morgan fingerprint density at radius 2 is 1.96 bits per heavy atom. The molecular weight excluding hydrogens is 315 g/mol. The first-order chi connectivity index (χ1) is 12.2. The van der Waals surface area contributed by atoms with E-state index in [1.54, 1.807) is 18.5 Å². The number of anilines is 1. The lowest BCUT2D eigenvalue weighted by molar-refractivity contribution is 0.578. The second-order valence-electron chi connectivity index (χ2n) is 6.57. The Kier molecular flexibility index (Phi) is 3.92. The van der Waals surface area contributed by atoms with Crippen molar-refractivity contribution in [3.63, 3.8) is 0 Å². The Morgan fingerprint density at radius 1 is 1.12 bits per heavy atom. The van der Waals surface area contributed by atoms with Gasteiger partial charge in [-0.15, -0.1) is 0 Å².